The minimum atomic E-state index is -0.596. The predicted octanol–water partition coefficient (Wildman–Crippen LogP) is 3.19. The summed E-state index contributed by atoms with van der Waals surface area (Å²) in [5, 5.41) is 14.8. The zero-order valence-electron chi connectivity index (χ0n) is 15.1. The molecule has 0 radical (unpaired) electrons. The van der Waals surface area contributed by atoms with Gasteiger partial charge < -0.3 is 19.7 Å². The highest BCUT2D eigenvalue weighted by Gasteiger charge is 2.24. The van der Waals surface area contributed by atoms with Crippen LogP contribution in [0.1, 0.15) is 35.1 Å². The Labute approximate surface area is 156 Å². The van der Waals surface area contributed by atoms with Crippen molar-refractivity contribution in [1.29, 1.82) is 0 Å². The van der Waals surface area contributed by atoms with E-state index in [0.717, 1.165) is 36.6 Å². The van der Waals surface area contributed by atoms with Gasteiger partial charge in [0.2, 0.25) is 0 Å². The molecular formula is C19H24N4O2S. The lowest BCUT2D eigenvalue weighted by Crippen LogP contribution is -2.44. The Balaban J connectivity index is 1.38. The van der Waals surface area contributed by atoms with E-state index in [1.165, 1.54) is 15.8 Å². The van der Waals surface area contributed by atoms with Crippen LogP contribution in [0.3, 0.4) is 0 Å². The summed E-state index contributed by atoms with van der Waals surface area (Å²) in [6.45, 7) is 6.72. The lowest BCUT2D eigenvalue weighted by atomic mass is 10.0. The summed E-state index contributed by atoms with van der Waals surface area (Å²) in [6, 6.07) is 4.01. The van der Waals surface area contributed by atoms with Crippen LogP contribution in [-0.4, -0.2) is 40.8 Å². The number of hydrogen-bond acceptors (Lipinski definition) is 7. The average molecular weight is 372 g/mol. The number of nitrogens with one attached hydrogen (secondary N) is 1. The number of furan rings is 1. The summed E-state index contributed by atoms with van der Waals surface area (Å²) in [7, 11) is 0. The quantitative estimate of drug-likeness (QED) is 0.716. The molecule has 138 valence electrons. The first-order valence-corrected chi connectivity index (χ1v) is 9.85. The Hall–Kier alpha value is -1.96. The molecule has 0 aromatic carbocycles. The molecule has 1 aliphatic heterocycles. The normalized spacial score (nSPS) is 17.1. The molecule has 2 N–H and O–H groups in total. The Kier molecular flexibility index (Phi) is 4.93. The standard InChI is InChI=1S/C19H24N4O2S/c1-12-13(2)26-19-17(12)18(21-11-22-19)23-7-5-14(6-8-23)20-10-15(24)16-4-3-9-25-16/h3-4,9,11,14-15,20,24H,5-8,10H2,1-2H3. The molecule has 1 atom stereocenters. The van der Waals surface area contributed by atoms with E-state index in [0.29, 0.717) is 18.3 Å². The van der Waals surface area contributed by atoms with Crippen LogP contribution in [-0.2, 0) is 0 Å². The van der Waals surface area contributed by atoms with Crippen molar-refractivity contribution < 1.29 is 9.52 Å². The van der Waals surface area contributed by atoms with Gasteiger partial charge in [-0.15, -0.1) is 11.3 Å². The van der Waals surface area contributed by atoms with E-state index < -0.39 is 6.10 Å². The average Bonchev–Trinajstić information content (AvgIpc) is 3.29. The maximum absolute atomic E-state index is 10.1. The third-order valence-corrected chi connectivity index (χ3v) is 6.33. The molecule has 0 spiro atoms. The van der Waals surface area contributed by atoms with Gasteiger partial charge in [-0.05, 0) is 44.4 Å². The van der Waals surface area contributed by atoms with Crippen LogP contribution in [0.5, 0.6) is 0 Å². The van der Waals surface area contributed by atoms with Crippen LogP contribution in [0.25, 0.3) is 10.2 Å². The molecule has 6 nitrogen and oxygen atoms in total. The van der Waals surface area contributed by atoms with Crippen molar-refractivity contribution in [2.75, 3.05) is 24.5 Å². The highest BCUT2D eigenvalue weighted by atomic mass is 32.1. The summed E-state index contributed by atoms with van der Waals surface area (Å²) in [5.74, 6) is 1.67. The largest absolute Gasteiger partial charge is 0.467 e. The Bertz CT molecular complexity index is 869. The van der Waals surface area contributed by atoms with Crippen LogP contribution in [0.4, 0.5) is 5.82 Å². The number of rotatable bonds is 5. The molecule has 26 heavy (non-hydrogen) atoms. The molecule has 1 unspecified atom stereocenters. The van der Waals surface area contributed by atoms with E-state index in [4.69, 9.17) is 4.42 Å². The van der Waals surface area contributed by atoms with Gasteiger partial charge in [-0.3, -0.25) is 0 Å². The topological polar surface area (TPSA) is 74.4 Å². The maximum atomic E-state index is 10.1. The van der Waals surface area contributed by atoms with E-state index in [1.54, 1.807) is 36.1 Å². The lowest BCUT2D eigenvalue weighted by molar-refractivity contribution is 0.141. The van der Waals surface area contributed by atoms with E-state index >= 15 is 0 Å². The molecule has 4 heterocycles. The number of anilines is 1. The number of nitrogens with zero attached hydrogens (tertiary/aromatic N) is 3. The van der Waals surface area contributed by atoms with Crippen LogP contribution in [0.15, 0.2) is 29.1 Å². The number of fused-ring (bicyclic) bond motifs is 1. The van der Waals surface area contributed by atoms with Crippen molar-refractivity contribution in [3.8, 4) is 0 Å². The minimum Gasteiger partial charge on any atom is -0.467 e. The molecule has 0 aliphatic carbocycles. The SMILES string of the molecule is Cc1sc2ncnc(N3CCC(NCC(O)c4ccco4)CC3)c2c1C. The van der Waals surface area contributed by atoms with Gasteiger partial charge in [0.1, 0.15) is 28.8 Å². The fourth-order valence-corrected chi connectivity index (χ4v) is 4.55. The first-order chi connectivity index (χ1) is 12.6. The zero-order chi connectivity index (χ0) is 18.1. The van der Waals surface area contributed by atoms with Crippen LogP contribution >= 0.6 is 11.3 Å². The van der Waals surface area contributed by atoms with Gasteiger partial charge in [0.05, 0.1) is 11.6 Å². The summed E-state index contributed by atoms with van der Waals surface area (Å²) in [6.07, 6.45) is 4.72. The molecule has 0 saturated carbocycles. The molecular weight excluding hydrogens is 348 g/mol. The number of hydrogen-bond donors (Lipinski definition) is 2. The first-order valence-electron chi connectivity index (χ1n) is 9.04. The molecule has 3 aromatic heterocycles. The maximum Gasteiger partial charge on any atom is 0.141 e. The second kappa shape index (κ2) is 7.34. The number of aromatic nitrogens is 2. The van der Waals surface area contributed by atoms with Crippen molar-refractivity contribution in [3.63, 3.8) is 0 Å². The van der Waals surface area contributed by atoms with Crippen molar-refractivity contribution in [2.24, 2.45) is 0 Å². The summed E-state index contributed by atoms with van der Waals surface area (Å²) in [4.78, 5) is 13.8. The zero-order valence-corrected chi connectivity index (χ0v) is 15.9. The fourth-order valence-electron chi connectivity index (χ4n) is 3.56. The number of thiophene rings is 1. The minimum absolute atomic E-state index is 0.401. The smallest absolute Gasteiger partial charge is 0.141 e. The first kappa shape index (κ1) is 17.5. The summed E-state index contributed by atoms with van der Waals surface area (Å²) < 4.78 is 5.25. The highest BCUT2D eigenvalue weighted by molar-refractivity contribution is 7.18. The molecule has 7 heteroatoms. The number of piperidine rings is 1. The van der Waals surface area contributed by atoms with E-state index in [9.17, 15) is 5.11 Å². The molecule has 1 aliphatic rings. The van der Waals surface area contributed by atoms with E-state index in [1.807, 2.05) is 0 Å². The van der Waals surface area contributed by atoms with Gasteiger partial charge in [-0.25, -0.2) is 9.97 Å². The molecule has 1 fully saturated rings. The van der Waals surface area contributed by atoms with Crippen molar-refractivity contribution in [1.82, 2.24) is 15.3 Å². The third-order valence-electron chi connectivity index (χ3n) is 5.21. The second-order valence-electron chi connectivity index (χ2n) is 6.86. The number of aliphatic hydroxyl groups excluding tert-OH is 1. The van der Waals surface area contributed by atoms with Gasteiger partial charge in [0.25, 0.3) is 0 Å². The summed E-state index contributed by atoms with van der Waals surface area (Å²) >= 11 is 1.74. The number of aryl methyl sites for hydroxylation is 2. The van der Waals surface area contributed by atoms with Gasteiger partial charge in [-0.2, -0.15) is 0 Å². The molecule has 4 rings (SSSR count). The molecule has 1 saturated heterocycles. The van der Waals surface area contributed by atoms with Gasteiger partial charge in [0, 0.05) is 30.6 Å². The molecule has 0 amide bonds. The lowest BCUT2D eigenvalue weighted by Gasteiger charge is -2.34. The fraction of sp³-hybridized carbons (Fsp3) is 0.474. The Morgan fingerprint density at radius 3 is 2.88 bits per heavy atom. The van der Waals surface area contributed by atoms with E-state index in [-0.39, 0.29) is 0 Å². The highest BCUT2D eigenvalue weighted by Crippen LogP contribution is 2.35. The van der Waals surface area contributed by atoms with Crippen LogP contribution in [0, 0.1) is 13.8 Å². The monoisotopic (exact) mass is 372 g/mol. The molecule has 3 aromatic rings. The van der Waals surface area contributed by atoms with Gasteiger partial charge >= 0.3 is 0 Å². The van der Waals surface area contributed by atoms with Gasteiger partial charge in [0.15, 0.2) is 0 Å². The second-order valence-corrected chi connectivity index (χ2v) is 8.06. The number of aliphatic hydroxyl groups is 1. The van der Waals surface area contributed by atoms with Crippen molar-refractivity contribution in [2.45, 2.75) is 38.8 Å². The van der Waals surface area contributed by atoms with Crippen LogP contribution in [0.2, 0.25) is 0 Å². The van der Waals surface area contributed by atoms with Crippen molar-refractivity contribution in [3.05, 3.63) is 40.9 Å². The van der Waals surface area contributed by atoms with Crippen LogP contribution < -0.4 is 10.2 Å². The van der Waals surface area contributed by atoms with E-state index in [2.05, 4.69) is 34.0 Å². The Morgan fingerprint density at radius 2 is 2.15 bits per heavy atom. The third kappa shape index (κ3) is 3.34. The van der Waals surface area contributed by atoms with Gasteiger partial charge in [-0.1, -0.05) is 0 Å². The van der Waals surface area contributed by atoms with Crippen molar-refractivity contribution >= 4 is 27.4 Å². The molecule has 0 bridgehead atoms. The summed E-state index contributed by atoms with van der Waals surface area (Å²) in [5.41, 5.74) is 1.29. The predicted molar refractivity (Wildman–Crippen MR) is 104 cm³/mol. The Morgan fingerprint density at radius 1 is 1.35 bits per heavy atom.